The van der Waals surface area contributed by atoms with Gasteiger partial charge < -0.3 is 4.90 Å². The normalized spacial score (nSPS) is 21.9. The standard InChI is InChI=1S/C23H25N3O2S/c27-21(26-12-6-10-16-7-4-5-11-19(16)26)14-25-15-24-22-18(23(25)28)13-20(29-22)17-8-2-1-3-9-17/h1-3,8-9,13,15-16,19H,4-7,10-12,14H2/t16-,19-/m0/s1. The summed E-state index contributed by atoms with van der Waals surface area (Å²) in [7, 11) is 0. The molecule has 6 heteroatoms. The van der Waals surface area contributed by atoms with E-state index in [0.717, 1.165) is 34.7 Å². The van der Waals surface area contributed by atoms with Crippen molar-refractivity contribution < 1.29 is 4.79 Å². The van der Waals surface area contributed by atoms with Crippen LogP contribution in [0.2, 0.25) is 0 Å². The number of carbonyl (C=O) groups excluding carboxylic acids is 1. The van der Waals surface area contributed by atoms with Crippen molar-refractivity contribution in [1.29, 1.82) is 0 Å². The molecule has 29 heavy (non-hydrogen) atoms. The summed E-state index contributed by atoms with van der Waals surface area (Å²) in [5, 5.41) is 0.596. The molecule has 5 rings (SSSR count). The summed E-state index contributed by atoms with van der Waals surface area (Å²) < 4.78 is 1.48. The molecular formula is C23H25N3O2S. The third-order valence-corrected chi connectivity index (χ3v) is 7.54. The maximum absolute atomic E-state index is 13.1. The van der Waals surface area contributed by atoms with Gasteiger partial charge in [0.05, 0.1) is 11.7 Å². The Hall–Kier alpha value is -2.47. The zero-order valence-electron chi connectivity index (χ0n) is 16.4. The van der Waals surface area contributed by atoms with Crippen LogP contribution in [0, 0.1) is 5.92 Å². The second-order valence-electron chi connectivity index (χ2n) is 8.21. The van der Waals surface area contributed by atoms with Crippen LogP contribution in [0.1, 0.15) is 38.5 Å². The fourth-order valence-electron chi connectivity index (χ4n) is 4.99. The van der Waals surface area contributed by atoms with Gasteiger partial charge in [-0.15, -0.1) is 11.3 Å². The van der Waals surface area contributed by atoms with Gasteiger partial charge in [-0.1, -0.05) is 43.2 Å². The van der Waals surface area contributed by atoms with Crippen molar-refractivity contribution in [2.45, 2.75) is 51.1 Å². The Bertz CT molecular complexity index is 1090. The number of rotatable bonds is 3. The number of likely N-dealkylation sites (tertiary alicyclic amines) is 1. The van der Waals surface area contributed by atoms with Gasteiger partial charge in [0.25, 0.3) is 5.56 Å². The van der Waals surface area contributed by atoms with Crippen LogP contribution < -0.4 is 5.56 Å². The van der Waals surface area contributed by atoms with Crippen LogP contribution in [0.15, 0.2) is 47.5 Å². The number of thiophene rings is 1. The van der Waals surface area contributed by atoms with E-state index in [1.165, 1.54) is 47.9 Å². The molecule has 3 heterocycles. The van der Waals surface area contributed by atoms with E-state index in [9.17, 15) is 9.59 Å². The lowest BCUT2D eigenvalue weighted by atomic mass is 9.78. The highest BCUT2D eigenvalue weighted by Gasteiger charge is 2.35. The Kier molecular flexibility index (Phi) is 4.96. The maximum atomic E-state index is 13.1. The van der Waals surface area contributed by atoms with Gasteiger partial charge in [0, 0.05) is 17.5 Å². The van der Waals surface area contributed by atoms with Gasteiger partial charge in [-0.3, -0.25) is 14.2 Å². The number of hydrogen-bond acceptors (Lipinski definition) is 4. The van der Waals surface area contributed by atoms with Crippen molar-refractivity contribution >= 4 is 27.5 Å². The van der Waals surface area contributed by atoms with Crippen LogP contribution in [-0.2, 0) is 11.3 Å². The predicted octanol–water partition coefficient (Wildman–Crippen LogP) is 4.31. The van der Waals surface area contributed by atoms with E-state index in [1.807, 2.05) is 41.3 Å². The molecule has 2 aliphatic rings. The Morgan fingerprint density at radius 2 is 1.90 bits per heavy atom. The van der Waals surface area contributed by atoms with Gasteiger partial charge in [-0.25, -0.2) is 4.98 Å². The highest BCUT2D eigenvalue weighted by Crippen LogP contribution is 2.35. The molecule has 3 aromatic rings. The fraction of sp³-hybridized carbons (Fsp3) is 0.435. The summed E-state index contributed by atoms with van der Waals surface area (Å²) in [6, 6.07) is 12.3. The van der Waals surface area contributed by atoms with Gasteiger partial charge in [0.1, 0.15) is 11.4 Å². The molecule has 2 fully saturated rings. The smallest absolute Gasteiger partial charge is 0.262 e. The van der Waals surface area contributed by atoms with Crippen LogP contribution >= 0.6 is 11.3 Å². The Morgan fingerprint density at radius 1 is 1.10 bits per heavy atom. The summed E-state index contributed by atoms with van der Waals surface area (Å²) in [6.07, 6.45) is 8.67. The molecule has 1 amide bonds. The highest BCUT2D eigenvalue weighted by molar-refractivity contribution is 7.21. The second-order valence-corrected chi connectivity index (χ2v) is 9.25. The predicted molar refractivity (Wildman–Crippen MR) is 116 cm³/mol. The lowest BCUT2D eigenvalue weighted by Crippen LogP contribution is -2.51. The maximum Gasteiger partial charge on any atom is 0.262 e. The SMILES string of the molecule is O=C(Cn1cnc2sc(-c3ccccc3)cc2c1=O)N1CCC[C@@H]2CCCC[C@@H]21. The molecular weight excluding hydrogens is 382 g/mol. The summed E-state index contributed by atoms with van der Waals surface area (Å²) in [5.74, 6) is 0.701. The molecule has 1 aliphatic heterocycles. The monoisotopic (exact) mass is 407 g/mol. The average molecular weight is 408 g/mol. The summed E-state index contributed by atoms with van der Waals surface area (Å²) in [6.45, 7) is 0.905. The van der Waals surface area contributed by atoms with Crippen molar-refractivity contribution in [3.05, 3.63) is 53.1 Å². The van der Waals surface area contributed by atoms with E-state index in [0.29, 0.717) is 17.3 Å². The quantitative estimate of drug-likeness (QED) is 0.650. The van der Waals surface area contributed by atoms with Crippen molar-refractivity contribution in [3.63, 3.8) is 0 Å². The molecule has 150 valence electrons. The van der Waals surface area contributed by atoms with E-state index in [1.54, 1.807) is 0 Å². The first-order valence-corrected chi connectivity index (χ1v) is 11.4. The van der Waals surface area contributed by atoms with Crippen LogP contribution in [0.5, 0.6) is 0 Å². The van der Waals surface area contributed by atoms with Crippen LogP contribution in [-0.4, -0.2) is 32.9 Å². The van der Waals surface area contributed by atoms with E-state index >= 15 is 0 Å². The lowest BCUT2D eigenvalue weighted by molar-refractivity contribution is -0.138. The first kappa shape index (κ1) is 18.6. The van der Waals surface area contributed by atoms with Gasteiger partial charge >= 0.3 is 0 Å². The highest BCUT2D eigenvalue weighted by atomic mass is 32.1. The van der Waals surface area contributed by atoms with Crippen molar-refractivity contribution in [2.75, 3.05) is 6.54 Å². The number of fused-ring (bicyclic) bond motifs is 2. The molecule has 1 aromatic carbocycles. The summed E-state index contributed by atoms with van der Waals surface area (Å²) in [4.78, 5) is 34.4. The summed E-state index contributed by atoms with van der Waals surface area (Å²) >= 11 is 1.52. The first-order valence-electron chi connectivity index (χ1n) is 10.5. The Morgan fingerprint density at radius 3 is 2.76 bits per heavy atom. The fourth-order valence-corrected chi connectivity index (χ4v) is 5.98. The van der Waals surface area contributed by atoms with Gasteiger partial charge in [-0.2, -0.15) is 0 Å². The van der Waals surface area contributed by atoms with Crippen LogP contribution in [0.25, 0.3) is 20.7 Å². The van der Waals surface area contributed by atoms with Crippen molar-refractivity contribution in [1.82, 2.24) is 14.5 Å². The Labute approximate surface area is 174 Å². The second kappa shape index (κ2) is 7.75. The van der Waals surface area contributed by atoms with E-state index in [-0.39, 0.29) is 18.0 Å². The molecule has 0 radical (unpaired) electrons. The van der Waals surface area contributed by atoms with Gasteiger partial charge in [0.15, 0.2) is 0 Å². The minimum atomic E-state index is -0.126. The van der Waals surface area contributed by atoms with Gasteiger partial charge in [0.2, 0.25) is 5.91 Å². The number of carbonyl (C=O) groups is 1. The molecule has 0 spiro atoms. The number of aromatic nitrogens is 2. The molecule has 5 nitrogen and oxygen atoms in total. The number of hydrogen-bond donors (Lipinski definition) is 0. The molecule has 0 N–H and O–H groups in total. The molecule has 1 aliphatic carbocycles. The number of benzene rings is 1. The molecule has 0 bridgehead atoms. The zero-order valence-corrected chi connectivity index (χ0v) is 17.2. The largest absolute Gasteiger partial charge is 0.338 e. The molecule has 1 saturated heterocycles. The Balaban J connectivity index is 1.41. The molecule has 2 atom stereocenters. The third kappa shape index (κ3) is 3.50. The van der Waals surface area contributed by atoms with Crippen LogP contribution in [0.3, 0.4) is 0 Å². The summed E-state index contributed by atoms with van der Waals surface area (Å²) in [5.41, 5.74) is 0.952. The minimum Gasteiger partial charge on any atom is -0.338 e. The van der Waals surface area contributed by atoms with Crippen molar-refractivity contribution in [2.24, 2.45) is 5.92 Å². The van der Waals surface area contributed by atoms with E-state index in [2.05, 4.69) is 4.98 Å². The molecule has 1 saturated carbocycles. The molecule has 2 aromatic heterocycles. The first-order chi connectivity index (χ1) is 14.2. The zero-order chi connectivity index (χ0) is 19.8. The minimum absolute atomic E-state index is 0.0587. The third-order valence-electron chi connectivity index (χ3n) is 6.45. The number of amides is 1. The molecule has 0 unspecified atom stereocenters. The van der Waals surface area contributed by atoms with Crippen molar-refractivity contribution in [3.8, 4) is 10.4 Å². The van der Waals surface area contributed by atoms with E-state index in [4.69, 9.17) is 0 Å². The van der Waals surface area contributed by atoms with Gasteiger partial charge in [-0.05, 0) is 43.2 Å². The lowest BCUT2D eigenvalue weighted by Gasteiger charge is -2.44. The number of nitrogens with zero attached hydrogens (tertiary/aromatic N) is 3. The van der Waals surface area contributed by atoms with Crippen LogP contribution in [0.4, 0.5) is 0 Å². The topological polar surface area (TPSA) is 55.2 Å². The van der Waals surface area contributed by atoms with E-state index < -0.39 is 0 Å². The number of piperidine rings is 1. The average Bonchev–Trinajstić information content (AvgIpc) is 3.21.